The zero-order valence-corrected chi connectivity index (χ0v) is 15.3. The first-order valence-electron chi connectivity index (χ1n) is 9.54. The van der Waals surface area contributed by atoms with Crippen LogP contribution in [0.25, 0.3) is 0 Å². The third-order valence-corrected chi connectivity index (χ3v) is 5.16. The van der Waals surface area contributed by atoms with Crippen LogP contribution in [0, 0.1) is 5.92 Å². The molecule has 1 atom stereocenters. The largest absolute Gasteiger partial charge is 0.354 e. The van der Waals surface area contributed by atoms with Gasteiger partial charge in [-0.3, -0.25) is 9.69 Å². The summed E-state index contributed by atoms with van der Waals surface area (Å²) in [6.07, 6.45) is 2.84. The van der Waals surface area contributed by atoms with E-state index in [1.165, 1.54) is 5.56 Å². The number of amides is 1. The molecule has 0 saturated carbocycles. The van der Waals surface area contributed by atoms with E-state index >= 15 is 0 Å². The molecule has 138 valence electrons. The van der Waals surface area contributed by atoms with Gasteiger partial charge in [-0.2, -0.15) is 0 Å². The number of nitrogens with zero attached hydrogens (tertiary/aromatic N) is 1. The van der Waals surface area contributed by atoms with E-state index in [2.05, 4.69) is 40.5 Å². The van der Waals surface area contributed by atoms with Crippen LogP contribution in [-0.4, -0.2) is 36.5 Å². The second-order valence-electron chi connectivity index (χ2n) is 7.25. The van der Waals surface area contributed by atoms with Crippen LogP contribution in [0.3, 0.4) is 0 Å². The fourth-order valence-corrected chi connectivity index (χ4v) is 3.53. The van der Waals surface area contributed by atoms with Crippen molar-refractivity contribution in [3.8, 4) is 0 Å². The number of likely N-dealkylation sites (tertiary alicyclic amines) is 1. The summed E-state index contributed by atoms with van der Waals surface area (Å²) in [5, 5.41) is 3.05. The Morgan fingerprint density at radius 2 is 1.58 bits per heavy atom. The minimum absolute atomic E-state index is 0.0411. The molecule has 1 aliphatic rings. The molecule has 1 fully saturated rings. The van der Waals surface area contributed by atoms with Gasteiger partial charge in [-0.25, -0.2) is 0 Å². The number of carbonyl (C=O) groups is 1. The van der Waals surface area contributed by atoms with Crippen LogP contribution < -0.4 is 11.1 Å². The minimum Gasteiger partial charge on any atom is -0.354 e. The van der Waals surface area contributed by atoms with Crippen molar-refractivity contribution in [1.29, 1.82) is 0 Å². The van der Waals surface area contributed by atoms with Crippen LogP contribution in [0.2, 0.25) is 0 Å². The number of hydrogen-bond acceptors (Lipinski definition) is 3. The molecule has 3 rings (SSSR count). The Balaban J connectivity index is 1.36. The van der Waals surface area contributed by atoms with E-state index in [-0.39, 0.29) is 5.91 Å². The van der Waals surface area contributed by atoms with Gasteiger partial charge >= 0.3 is 0 Å². The predicted molar refractivity (Wildman–Crippen MR) is 106 cm³/mol. The van der Waals surface area contributed by atoms with Gasteiger partial charge in [0, 0.05) is 13.1 Å². The lowest BCUT2D eigenvalue weighted by atomic mass is 9.96. The summed E-state index contributed by atoms with van der Waals surface area (Å²) in [5.41, 5.74) is 8.52. The predicted octanol–water partition coefficient (Wildman–Crippen LogP) is 2.58. The van der Waals surface area contributed by atoms with E-state index in [1.54, 1.807) is 0 Å². The Morgan fingerprint density at radius 3 is 2.19 bits per heavy atom. The maximum atomic E-state index is 12.2. The van der Waals surface area contributed by atoms with Crippen LogP contribution in [0.1, 0.15) is 24.0 Å². The van der Waals surface area contributed by atoms with Crippen molar-refractivity contribution in [3.63, 3.8) is 0 Å². The topological polar surface area (TPSA) is 58.4 Å². The zero-order valence-electron chi connectivity index (χ0n) is 15.3. The van der Waals surface area contributed by atoms with Gasteiger partial charge in [-0.1, -0.05) is 60.7 Å². The highest BCUT2D eigenvalue weighted by molar-refractivity contribution is 5.81. The van der Waals surface area contributed by atoms with Crippen LogP contribution in [0.5, 0.6) is 0 Å². The van der Waals surface area contributed by atoms with Gasteiger partial charge in [0.15, 0.2) is 0 Å². The fraction of sp³-hybridized carbons (Fsp3) is 0.409. The van der Waals surface area contributed by atoms with Gasteiger partial charge in [0.1, 0.15) is 0 Å². The summed E-state index contributed by atoms with van der Waals surface area (Å²) in [7, 11) is 0. The number of nitrogens with two attached hydrogens (primary N) is 1. The monoisotopic (exact) mass is 351 g/mol. The van der Waals surface area contributed by atoms with Crippen molar-refractivity contribution in [1.82, 2.24) is 10.2 Å². The molecule has 1 aliphatic heterocycles. The number of piperidine rings is 1. The van der Waals surface area contributed by atoms with E-state index < -0.39 is 6.04 Å². The quantitative estimate of drug-likeness (QED) is 0.806. The van der Waals surface area contributed by atoms with Crippen molar-refractivity contribution >= 4 is 5.91 Å². The summed E-state index contributed by atoms with van der Waals surface area (Å²) < 4.78 is 0. The molecule has 2 aromatic rings. The molecule has 0 bridgehead atoms. The maximum Gasteiger partial charge on any atom is 0.237 e. The standard InChI is InChI=1S/C22H29N3O/c23-21(15-18-7-3-1-4-8-18)22(26)24-16-19-11-13-25(14-12-19)17-20-9-5-2-6-10-20/h1-10,19,21H,11-17,23H2,(H,24,26). The lowest BCUT2D eigenvalue weighted by Crippen LogP contribution is -2.45. The van der Waals surface area contributed by atoms with Crippen LogP contribution in [0.15, 0.2) is 60.7 Å². The van der Waals surface area contributed by atoms with Gasteiger partial charge < -0.3 is 11.1 Å². The number of carbonyl (C=O) groups excluding carboxylic acids is 1. The van der Waals surface area contributed by atoms with Crippen molar-refractivity contribution < 1.29 is 4.79 Å². The highest BCUT2D eigenvalue weighted by Gasteiger charge is 2.21. The van der Waals surface area contributed by atoms with E-state index in [1.807, 2.05) is 30.3 Å². The Kier molecular flexibility index (Phi) is 6.81. The van der Waals surface area contributed by atoms with Gasteiger partial charge in [0.2, 0.25) is 5.91 Å². The van der Waals surface area contributed by atoms with Gasteiger partial charge in [0.05, 0.1) is 6.04 Å². The normalized spacial score (nSPS) is 17.0. The smallest absolute Gasteiger partial charge is 0.237 e. The number of rotatable bonds is 7. The van der Waals surface area contributed by atoms with Crippen LogP contribution in [-0.2, 0) is 17.8 Å². The SMILES string of the molecule is NC(Cc1ccccc1)C(=O)NCC1CCN(Cc2ccccc2)CC1. The molecule has 3 N–H and O–H groups in total. The first-order valence-corrected chi connectivity index (χ1v) is 9.54. The Bertz CT molecular complexity index is 666. The molecule has 0 spiro atoms. The molecule has 0 aliphatic carbocycles. The summed E-state index contributed by atoms with van der Waals surface area (Å²) in [4.78, 5) is 14.7. The van der Waals surface area contributed by atoms with Gasteiger partial charge in [0.25, 0.3) is 0 Å². The second-order valence-corrected chi connectivity index (χ2v) is 7.25. The van der Waals surface area contributed by atoms with E-state index in [0.29, 0.717) is 12.3 Å². The van der Waals surface area contributed by atoms with Gasteiger partial charge in [-0.05, 0) is 49.4 Å². The zero-order chi connectivity index (χ0) is 18.2. The molecule has 4 nitrogen and oxygen atoms in total. The lowest BCUT2D eigenvalue weighted by Gasteiger charge is -2.32. The molecular formula is C22H29N3O. The van der Waals surface area contributed by atoms with Crippen molar-refractivity contribution in [2.75, 3.05) is 19.6 Å². The van der Waals surface area contributed by atoms with E-state index in [9.17, 15) is 4.79 Å². The first kappa shape index (κ1) is 18.6. The fourth-order valence-electron chi connectivity index (χ4n) is 3.53. The molecule has 0 radical (unpaired) electrons. The van der Waals surface area contributed by atoms with E-state index in [4.69, 9.17) is 5.73 Å². The molecule has 1 heterocycles. The summed E-state index contributed by atoms with van der Waals surface area (Å²) >= 11 is 0. The molecule has 4 heteroatoms. The second kappa shape index (κ2) is 9.51. The Morgan fingerprint density at radius 1 is 1.00 bits per heavy atom. The molecule has 2 aromatic carbocycles. The summed E-state index contributed by atoms with van der Waals surface area (Å²) in [5.74, 6) is 0.510. The lowest BCUT2D eigenvalue weighted by molar-refractivity contribution is -0.122. The number of hydrogen-bond donors (Lipinski definition) is 2. The molecule has 0 aromatic heterocycles. The van der Waals surface area contributed by atoms with E-state index in [0.717, 1.165) is 44.6 Å². The summed E-state index contributed by atoms with van der Waals surface area (Å²) in [6, 6.07) is 20.1. The van der Waals surface area contributed by atoms with Gasteiger partial charge in [-0.15, -0.1) is 0 Å². The molecule has 1 unspecified atom stereocenters. The Labute approximate surface area is 156 Å². The number of benzene rings is 2. The first-order chi connectivity index (χ1) is 12.7. The average molecular weight is 351 g/mol. The molecule has 1 saturated heterocycles. The van der Waals surface area contributed by atoms with Crippen molar-refractivity contribution in [2.24, 2.45) is 11.7 Å². The maximum absolute atomic E-state index is 12.2. The van der Waals surface area contributed by atoms with Crippen molar-refractivity contribution in [3.05, 3.63) is 71.8 Å². The Hall–Kier alpha value is -2.17. The highest BCUT2D eigenvalue weighted by Crippen LogP contribution is 2.18. The third kappa shape index (κ3) is 5.68. The molecular weight excluding hydrogens is 322 g/mol. The highest BCUT2D eigenvalue weighted by atomic mass is 16.2. The molecule has 26 heavy (non-hydrogen) atoms. The third-order valence-electron chi connectivity index (χ3n) is 5.16. The average Bonchev–Trinajstić information content (AvgIpc) is 2.69. The number of nitrogens with one attached hydrogen (secondary N) is 1. The summed E-state index contributed by atoms with van der Waals surface area (Å²) in [6.45, 7) is 3.93. The minimum atomic E-state index is -0.476. The molecule has 1 amide bonds. The van der Waals surface area contributed by atoms with Crippen LogP contribution >= 0.6 is 0 Å². The van der Waals surface area contributed by atoms with Crippen LogP contribution in [0.4, 0.5) is 0 Å². The van der Waals surface area contributed by atoms with Crippen molar-refractivity contribution in [2.45, 2.75) is 31.8 Å².